The Morgan fingerprint density at radius 2 is 1.43 bits per heavy atom. The monoisotopic (exact) mass is 544 g/mol. The molecule has 0 heterocycles. The number of carbonyl (C=O) groups excluding carboxylic acids is 3. The van der Waals surface area contributed by atoms with Crippen LogP contribution >= 0.6 is 0 Å². The highest BCUT2D eigenvalue weighted by Gasteiger charge is 2.26. The second-order valence-corrected chi connectivity index (χ2v) is 9.44. The van der Waals surface area contributed by atoms with Gasteiger partial charge in [0.1, 0.15) is 18.7 Å². The molecule has 3 rings (SSSR count). The predicted octanol–water partition coefficient (Wildman–Crippen LogP) is 2.77. The van der Waals surface area contributed by atoms with Crippen molar-refractivity contribution in [1.82, 2.24) is 15.5 Å². The molecule has 210 valence electrons. The molecule has 10 heteroatoms. The first-order valence-electron chi connectivity index (χ1n) is 13.0. The van der Waals surface area contributed by atoms with Crippen LogP contribution in [0.1, 0.15) is 24.0 Å². The zero-order valence-electron chi connectivity index (χ0n) is 22.5. The summed E-state index contributed by atoms with van der Waals surface area (Å²) in [6, 6.07) is 24.8. The molecule has 0 saturated heterocycles. The second-order valence-electron chi connectivity index (χ2n) is 9.44. The Kier molecular flexibility index (Phi) is 11.1. The van der Waals surface area contributed by atoms with E-state index in [1.165, 1.54) is 4.90 Å². The largest absolute Gasteiger partial charge is 0.445 e. The number of benzene rings is 3. The summed E-state index contributed by atoms with van der Waals surface area (Å²) < 4.78 is 5.33. The molecule has 2 atom stereocenters. The number of hydrogen-bond acceptors (Lipinski definition) is 5. The van der Waals surface area contributed by atoms with Crippen LogP contribution in [-0.2, 0) is 27.4 Å². The highest BCUT2D eigenvalue weighted by Crippen LogP contribution is 2.20. The predicted molar refractivity (Wildman–Crippen MR) is 154 cm³/mol. The standard InChI is InChI=1S/C30H36N6O4/c1-36(29(32)33)18-8-13-25(27(31)37)34-28(38)26(35-30(39)40-20-22-9-4-2-5-10-22)19-21-14-16-24(17-15-21)23-11-6-3-7-12-23/h2-7,9-12,14-17,25-26H,8,13,18-20H2,1H3,(H2,31,37)(H3,32,33)(H,34,38)(H,35,39). The Hall–Kier alpha value is -4.86. The van der Waals surface area contributed by atoms with E-state index in [9.17, 15) is 14.4 Å². The van der Waals surface area contributed by atoms with Crippen LogP contribution in [0.5, 0.6) is 0 Å². The molecule has 3 aromatic rings. The molecule has 0 radical (unpaired) electrons. The Balaban J connectivity index is 1.70. The molecule has 0 aromatic heterocycles. The summed E-state index contributed by atoms with van der Waals surface area (Å²) in [6.07, 6.45) is 0.112. The van der Waals surface area contributed by atoms with Gasteiger partial charge in [-0.15, -0.1) is 0 Å². The fraction of sp³-hybridized carbons (Fsp3) is 0.267. The maximum Gasteiger partial charge on any atom is 0.408 e. The van der Waals surface area contributed by atoms with Gasteiger partial charge in [-0.3, -0.25) is 15.0 Å². The summed E-state index contributed by atoms with van der Waals surface area (Å²) in [5, 5.41) is 12.8. The van der Waals surface area contributed by atoms with Crippen LogP contribution < -0.4 is 22.1 Å². The molecule has 0 aliphatic carbocycles. The number of hydrogen-bond donors (Lipinski definition) is 5. The molecule has 3 amide bonds. The zero-order valence-corrected chi connectivity index (χ0v) is 22.5. The third kappa shape index (κ3) is 9.46. The van der Waals surface area contributed by atoms with Crippen molar-refractivity contribution >= 4 is 23.9 Å². The van der Waals surface area contributed by atoms with Crippen LogP contribution in [0, 0.1) is 5.41 Å². The number of nitrogens with one attached hydrogen (secondary N) is 3. The first kappa shape index (κ1) is 29.7. The first-order valence-corrected chi connectivity index (χ1v) is 13.0. The average molecular weight is 545 g/mol. The zero-order chi connectivity index (χ0) is 28.9. The quantitative estimate of drug-likeness (QED) is 0.164. The number of amides is 3. The summed E-state index contributed by atoms with van der Waals surface area (Å²) in [4.78, 5) is 39.6. The van der Waals surface area contributed by atoms with Gasteiger partial charge in [-0.25, -0.2) is 4.79 Å². The topological polar surface area (TPSA) is 164 Å². The molecule has 0 spiro atoms. The lowest BCUT2D eigenvalue weighted by Gasteiger charge is -2.23. The summed E-state index contributed by atoms with van der Waals surface area (Å²) in [6.45, 7) is 0.455. The van der Waals surface area contributed by atoms with Gasteiger partial charge in [0.15, 0.2) is 5.96 Å². The van der Waals surface area contributed by atoms with Crippen LogP contribution in [0.3, 0.4) is 0 Å². The van der Waals surface area contributed by atoms with E-state index in [4.69, 9.17) is 21.6 Å². The number of rotatable bonds is 13. The lowest BCUT2D eigenvalue weighted by molar-refractivity contribution is -0.128. The van der Waals surface area contributed by atoms with E-state index in [0.29, 0.717) is 13.0 Å². The van der Waals surface area contributed by atoms with E-state index in [-0.39, 0.29) is 25.4 Å². The SMILES string of the molecule is CN(CCCC(NC(=O)C(Cc1ccc(-c2ccccc2)cc1)NC(=O)OCc1ccccc1)C(N)=O)C(=N)N. The second kappa shape index (κ2) is 14.9. The summed E-state index contributed by atoms with van der Waals surface area (Å²) in [7, 11) is 1.66. The van der Waals surface area contributed by atoms with Crippen LogP contribution in [-0.4, -0.2) is 54.4 Å². The van der Waals surface area contributed by atoms with Crippen LogP contribution in [0.15, 0.2) is 84.9 Å². The van der Waals surface area contributed by atoms with E-state index in [2.05, 4.69) is 10.6 Å². The van der Waals surface area contributed by atoms with Crippen molar-refractivity contribution in [2.24, 2.45) is 11.5 Å². The van der Waals surface area contributed by atoms with E-state index < -0.39 is 30.0 Å². The third-order valence-corrected chi connectivity index (χ3v) is 6.38. The minimum Gasteiger partial charge on any atom is -0.445 e. The molecule has 2 unspecified atom stereocenters. The Bertz CT molecular complexity index is 1270. The average Bonchev–Trinajstić information content (AvgIpc) is 2.96. The Morgan fingerprint density at radius 1 is 0.825 bits per heavy atom. The number of guanidine groups is 1. The van der Waals surface area contributed by atoms with Crippen molar-refractivity contribution < 1.29 is 19.1 Å². The molecular formula is C30H36N6O4. The third-order valence-electron chi connectivity index (χ3n) is 6.38. The minimum atomic E-state index is -1.02. The molecular weight excluding hydrogens is 508 g/mol. The van der Waals surface area contributed by atoms with E-state index in [1.54, 1.807) is 7.05 Å². The van der Waals surface area contributed by atoms with Gasteiger partial charge in [-0.05, 0) is 35.1 Å². The number of nitrogens with two attached hydrogens (primary N) is 2. The van der Waals surface area contributed by atoms with Gasteiger partial charge in [0.2, 0.25) is 11.8 Å². The fourth-order valence-corrected chi connectivity index (χ4v) is 4.03. The van der Waals surface area contributed by atoms with Gasteiger partial charge in [0, 0.05) is 20.0 Å². The van der Waals surface area contributed by atoms with Crippen molar-refractivity contribution in [2.45, 2.75) is 38.0 Å². The molecule has 7 N–H and O–H groups in total. The van der Waals surface area contributed by atoms with Crippen molar-refractivity contribution in [1.29, 1.82) is 5.41 Å². The van der Waals surface area contributed by atoms with Gasteiger partial charge in [0.05, 0.1) is 0 Å². The molecule has 40 heavy (non-hydrogen) atoms. The van der Waals surface area contributed by atoms with E-state index >= 15 is 0 Å². The van der Waals surface area contributed by atoms with E-state index in [0.717, 1.165) is 22.3 Å². The maximum absolute atomic E-state index is 13.3. The molecule has 10 nitrogen and oxygen atoms in total. The molecule has 0 saturated carbocycles. The first-order chi connectivity index (χ1) is 19.2. The van der Waals surface area contributed by atoms with Gasteiger partial charge in [0.25, 0.3) is 0 Å². The molecule has 0 aliphatic heterocycles. The summed E-state index contributed by atoms with van der Waals surface area (Å²) in [5.74, 6) is -1.36. The Morgan fingerprint density at radius 3 is 2.02 bits per heavy atom. The van der Waals surface area contributed by atoms with Crippen molar-refractivity contribution in [3.8, 4) is 11.1 Å². The van der Waals surface area contributed by atoms with Crippen LogP contribution in [0.25, 0.3) is 11.1 Å². The number of nitrogens with zero attached hydrogens (tertiary/aromatic N) is 1. The van der Waals surface area contributed by atoms with Crippen molar-refractivity contribution in [3.63, 3.8) is 0 Å². The van der Waals surface area contributed by atoms with Gasteiger partial charge in [-0.2, -0.15) is 0 Å². The van der Waals surface area contributed by atoms with Gasteiger partial charge < -0.3 is 31.7 Å². The summed E-state index contributed by atoms with van der Waals surface area (Å²) >= 11 is 0. The number of primary amides is 1. The number of ether oxygens (including phenoxy) is 1. The maximum atomic E-state index is 13.3. The van der Waals surface area contributed by atoms with Gasteiger partial charge >= 0.3 is 6.09 Å². The van der Waals surface area contributed by atoms with Crippen LogP contribution in [0.4, 0.5) is 4.79 Å². The summed E-state index contributed by atoms with van der Waals surface area (Å²) in [5.41, 5.74) is 14.7. The highest BCUT2D eigenvalue weighted by atomic mass is 16.5. The minimum absolute atomic E-state index is 0.0420. The highest BCUT2D eigenvalue weighted by molar-refractivity contribution is 5.91. The fourth-order valence-electron chi connectivity index (χ4n) is 4.03. The smallest absolute Gasteiger partial charge is 0.408 e. The van der Waals surface area contributed by atoms with Gasteiger partial charge in [-0.1, -0.05) is 84.9 Å². The van der Waals surface area contributed by atoms with Crippen molar-refractivity contribution in [3.05, 3.63) is 96.1 Å². The molecule has 0 fully saturated rings. The number of carbonyl (C=O) groups is 3. The molecule has 0 bridgehead atoms. The lowest BCUT2D eigenvalue weighted by Crippen LogP contribution is -2.53. The normalized spacial score (nSPS) is 12.0. The lowest BCUT2D eigenvalue weighted by atomic mass is 10.00. The Labute approximate surface area is 234 Å². The molecule has 0 aliphatic rings. The van der Waals surface area contributed by atoms with Crippen molar-refractivity contribution in [2.75, 3.05) is 13.6 Å². The molecule has 3 aromatic carbocycles. The van der Waals surface area contributed by atoms with E-state index in [1.807, 2.05) is 84.9 Å². The van der Waals surface area contributed by atoms with Crippen LogP contribution in [0.2, 0.25) is 0 Å². The number of alkyl carbamates (subject to hydrolysis) is 1.